The Bertz CT molecular complexity index is 388. The van der Waals surface area contributed by atoms with Gasteiger partial charge in [-0.25, -0.2) is 4.79 Å². The van der Waals surface area contributed by atoms with E-state index in [2.05, 4.69) is 22.9 Å². The fourth-order valence-corrected chi connectivity index (χ4v) is 2.03. The molecule has 88 valence electrons. The van der Waals surface area contributed by atoms with Crippen molar-refractivity contribution in [1.82, 2.24) is 0 Å². The Morgan fingerprint density at radius 3 is 2.56 bits per heavy atom. The lowest BCUT2D eigenvalue weighted by atomic mass is 10.0. The van der Waals surface area contributed by atoms with Gasteiger partial charge in [0.15, 0.2) is 0 Å². The molecule has 1 rings (SSSR count). The third-order valence-electron chi connectivity index (χ3n) is 2.30. The first-order valence-corrected chi connectivity index (χ1v) is 5.88. The van der Waals surface area contributed by atoms with E-state index in [1.807, 2.05) is 6.07 Å². The number of rotatable bonds is 4. The Morgan fingerprint density at radius 1 is 1.38 bits per heavy atom. The molecule has 3 nitrogen and oxygen atoms in total. The number of benzene rings is 1. The number of carbonyl (C=O) groups is 1. The molecule has 0 atom stereocenters. The van der Waals surface area contributed by atoms with E-state index in [4.69, 9.17) is 9.47 Å². The third-order valence-corrected chi connectivity index (χ3v) is 2.76. The van der Waals surface area contributed by atoms with Crippen LogP contribution in [0.5, 0.6) is 5.75 Å². The lowest BCUT2D eigenvalue weighted by Gasteiger charge is -2.12. The van der Waals surface area contributed by atoms with Crippen LogP contribution in [0.15, 0.2) is 16.6 Å². The van der Waals surface area contributed by atoms with E-state index in [-0.39, 0.29) is 5.97 Å². The van der Waals surface area contributed by atoms with Gasteiger partial charge in [0, 0.05) is 10.0 Å². The highest BCUT2D eigenvalue weighted by Gasteiger charge is 2.16. The quantitative estimate of drug-likeness (QED) is 0.798. The topological polar surface area (TPSA) is 35.5 Å². The SMILES string of the molecule is CCCc1c(OC)cc(Br)cc1C(=O)OC. The van der Waals surface area contributed by atoms with Gasteiger partial charge in [-0.15, -0.1) is 0 Å². The lowest BCUT2D eigenvalue weighted by molar-refractivity contribution is 0.0599. The van der Waals surface area contributed by atoms with Crippen molar-refractivity contribution in [2.45, 2.75) is 19.8 Å². The molecule has 0 spiro atoms. The van der Waals surface area contributed by atoms with E-state index in [1.54, 1.807) is 13.2 Å². The zero-order valence-electron chi connectivity index (χ0n) is 9.67. The zero-order valence-corrected chi connectivity index (χ0v) is 11.3. The molecule has 0 aliphatic rings. The maximum absolute atomic E-state index is 11.6. The molecule has 0 saturated heterocycles. The summed E-state index contributed by atoms with van der Waals surface area (Å²) in [6, 6.07) is 3.62. The summed E-state index contributed by atoms with van der Waals surface area (Å²) >= 11 is 3.35. The molecule has 0 saturated carbocycles. The molecule has 1 aromatic carbocycles. The van der Waals surface area contributed by atoms with Gasteiger partial charge in [0.25, 0.3) is 0 Å². The maximum atomic E-state index is 11.6. The van der Waals surface area contributed by atoms with Crippen LogP contribution in [0.4, 0.5) is 0 Å². The summed E-state index contributed by atoms with van der Waals surface area (Å²) in [5.74, 6) is 0.389. The molecule has 0 aliphatic carbocycles. The Morgan fingerprint density at radius 2 is 2.06 bits per heavy atom. The molecule has 0 unspecified atom stereocenters. The number of halogens is 1. The van der Waals surface area contributed by atoms with E-state index in [0.29, 0.717) is 5.56 Å². The van der Waals surface area contributed by atoms with E-state index in [1.165, 1.54) is 7.11 Å². The summed E-state index contributed by atoms with van der Waals surface area (Å²) in [5, 5.41) is 0. The Kier molecular flexibility index (Phi) is 4.80. The van der Waals surface area contributed by atoms with Gasteiger partial charge in [-0.3, -0.25) is 0 Å². The summed E-state index contributed by atoms with van der Waals surface area (Å²) < 4.78 is 10.8. The second kappa shape index (κ2) is 5.89. The number of methoxy groups -OCH3 is 2. The van der Waals surface area contributed by atoms with Crippen LogP contribution in [0.1, 0.15) is 29.3 Å². The molecule has 4 heteroatoms. The third kappa shape index (κ3) is 2.76. The highest BCUT2D eigenvalue weighted by Crippen LogP contribution is 2.29. The van der Waals surface area contributed by atoms with Crippen molar-refractivity contribution in [3.8, 4) is 5.75 Å². The molecule has 0 fully saturated rings. The molecule has 0 radical (unpaired) electrons. The maximum Gasteiger partial charge on any atom is 0.338 e. The highest BCUT2D eigenvalue weighted by atomic mass is 79.9. The van der Waals surface area contributed by atoms with Gasteiger partial charge in [-0.05, 0) is 18.6 Å². The molecule has 0 aliphatic heterocycles. The first-order chi connectivity index (χ1) is 7.63. The van der Waals surface area contributed by atoms with Crippen molar-refractivity contribution in [3.63, 3.8) is 0 Å². The largest absolute Gasteiger partial charge is 0.496 e. The van der Waals surface area contributed by atoms with Crippen LogP contribution in [-0.2, 0) is 11.2 Å². The zero-order chi connectivity index (χ0) is 12.1. The first kappa shape index (κ1) is 13.0. The summed E-state index contributed by atoms with van der Waals surface area (Å²) in [4.78, 5) is 11.6. The van der Waals surface area contributed by atoms with Crippen molar-refractivity contribution < 1.29 is 14.3 Å². The number of hydrogen-bond acceptors (Lipinski definition) is 3. The number of carbonyl (C=O) groups excluding carboxylic acids is 1. The summed E-state index contributed by atoms with van der Waals surface area (Å²) in [6.45, 7) is 2.06. The Hall–Kier alpha value is -1.03. The molecule has 0 N–H and O–H groups in total. The monoisotopic (exact) mass is 286 g/mol. The van der Waals surface area contributed by atoms with Crippen LogP contribution in [0, 0.1) is 0 Å². The molecule has 0 aromatic heterocycles. The Labute approximate surface area is 104 Å². The molecule has 1 aromatic rings. The van der Waals surface area contributed by atoms with Crippen LogP contribution >= 0.6 is 15.9 Å². The number of ether oxygens (including phenoxy) is 2. The minimum atomic E-state index is -0.331. The van der Waals surface area contributed by atoms with Crippen molar-refractivity contribution in [2.24, 2.45) is 0 Å². The van der Waals surface area contributed by atoms with E-state index >= 15 is 0 Å². The van der Waals surface area contributed by atoms with E-state index < -0.39 is 0 Å². The van der Waals surface area contributed by atoms with Crippen LogP contribution in [-0.4, -0.2) is 20.2 Å². The standard InChI is InChI=1S/C12H15BrO3/c1-4-5-9-10(12(14)16-3)6-8(13)7-11(9)15-2/h6-7H,4-5H2,1-3H3. The molecule has 0 amide bonds. The second-order valence-corrected chi connectivity index (χ2v) is 4.29. The molecule has 16 heavy (non-hydrogen) atoms. The van der Waals surface area contributed by atoms with Crippen molar-refractivity contribution >= 4 is 21.9 Å². The predicted octanol–water partition coefficient (Wildman–Crippen LogP) is 3.20. The van der Waals surface area contributed by atoms with Gasteiger partial charge in [0.1, 0.15) is 5.75 Å². The van der Waals surface area contributed by atoms with Gasteiger partial charge in [-0.1, -0.05) is 29.3 Å². The van der Waals surface area contributed by atoms with Gasteiger partial charge in [-0.2, -0.15) is 0 Å². The molecule has 0 bridgehead atoms. The summed E-state index contributed by atoms with van der Waals surface area (Å²) in [6.07, 6.45) is 1.74. The molecular weight excluding hydrogens is 272 g/mol. The van der Waals surface area contributed by atoms with Crippen LogP contribution in [0.2, 0.25) is 0 Å². The predicted molar refractivity (Wildman–Crippen MR) is 66.0 cm³/mol. The normalized spacial score (nSPS) is 10.0. The van der Waals surface area contributed by atoms with E-state index in [9.17, 15) is 4.79 Å². The minimum Gasteiger partial charge on any atom is -0.496 e. The highest BCUT2D eigenvalue weighted by molar-refractivity contribution is 9.10. The van der Waals surface area contributed by atoms with Crippen molar-refractivity contribution in [3.05, 3.63) is 27.7 Å². The van der Waals surface area contributed by atoms with Crippen LogP contribution in [0.25, 0.3) is 0 Å². The van der Waals surface area contributed by atoms with Gasteiger partial charge in [0.05, 0.1) is 19.8 Å². The van der Waals surface area contributed by atoms with E-state index in [0.717, 1.165) is 28.6 Å². The van der Waals surface area contributed by atoms with Crippen molar-refractivity contribution in [2.75, 3.05) is 14.2 Å². The first-order valence-electron chi connectivity index (χ1n) is 5.08. The Balaban J connectivity index is 3.31. The second-order valence-electron chi connectivity index (χ2n) is 3.38. The fraction of sp³-hybridized carbons (Fsp3) is 0.417. The fourth-order valence-electron chi connectivity index (χ4n) is 1.59. The van der Waals surface area contributed by atoms with Gasteiger partial charge in [0.2, 0.25) is 0 Å². The van der Waals surface area contributed by atoms with Crippen molar-refractivity contribution in [1.29, 1.82) is 0 Å². The summed E-state index contributed by atoms with van der Waals surface area (Å²) in [7, 11) is 2.98. The van der Waals surface area contributed by atoms with Gasteiger partial charge >= 0.3 is 5.97 Å². The van der Waals surface area contributed by atoms with Gasteiger partial charge < -0.3 is 9.47 Å². The number of esters is 1. The molecular formula is C12H15BrO3. The lowest BCUT2D eigenvalue weighted by Crippen LogP contribution is -2.07. The molecule has 0 heterocycles. The average molecular weight is 287 g/mol. The number of hydrogen-bond donors (Lipinski definition) is 0. The minimum absolute atomic E-state index is 0.331. The van der Waals surface area contributed by atoms with Crippen LogP contribution < -0.4 is 4.74 Å². The smallest absolute Gasteiger partial charge is 0.338 e. The van der Waals surface area contributed by atoms with Crippen LogP contribution in [0.3, 0.4) is 0 Å². The summed E-state index contributed by atoms with van der Waals surface area (Å²) in [5.41, 5.74) is 1.47. The average Bonchev–Trinajstić information content (AvgIpc) is 2.29.